The molecule has 2 aromatic carbocycles. The number of rotatable bonds is 4. The van der Waals surface area contributed by atoms with Crippen molar-refractivity contribution in [2.75, 3.05) is 13.6 Å². The number of halogens is 2. The van der Waals surface area contributed by atoms with Gasteiger partial charge in [-0.15, -0.1) is 0 Å². The highest BCUT2D eigenvalue weighted by Gasteiger charge is 2.55. The maximum atomic E-state index is 12.8. The van der Waals surface area contributed by atoms with E-state index in [1.165, 1.54) is 0 Å². The number of hydrogen-bond acceptors (Lipinski definition) is 2. The van der Waals surface area contributed by atoms with Crippen LogP contribution in [0.15, 0.2) is 60.9 Å². The predicted octanol–water partition coefficient (Wildman–Crippen LogP) is 4.38. The minimum atomic E-state index is -0.470. The lowest BCUT2D eigenvalue weighted by molar-refractivity contribution is -0.129. The Bertz CT molecular complexity index is 1110. The normalized spacial score (nSPS) is 24.6. The molecule has 1 aromatic heterocycles. The van der Waals surface area contributed by atoms with Gasteiger partial charge >= 0.3 is 0 Å². The number of hydrogen-bond donors (Lipinski definition) is 1. The van der Waals surface area contributed by atoms with Crippen LogP contribution in [0.25, 0.3) is 11.1 Å². The standard InChI is InChI=1S/C23H21Cl2N3O2/c1-28(27-11-10-17(13-27)15-2-5-18(24)6-3-15)14-22(28)26-23(29)21-8-4-16-12-19(25)7-9-20(16)30-21/h2-3,5-7,9-13,21-22H,4,8,14H2,1H3/p+1. The first kappa shape index (κ1) is 19.5. The van der Waals surface area contributed by atoms with Crippen LogP contribution in [0.2, 0.25) is 10.0 Å². The molecule has 0 saturated carbocycles. The lowest BCUT2D eigenvalue weighted by Crippen LogP contribution is -2.47. The maximum absolute atomic E-state index is 12.8. The molecule has 5 rings (SSSR count). The fourth-order valence-electron chi connectivity index (χ4n) is 4.02. The van der Waals surface area contributed by atoms with Crippen molar-refractivity contribution in [1.82, 2.24) is 14.6 Å². The molecule has 1 N–H and O–H groups in total. The summed E-state index contributed by atoms with van der Waals surface area (Å²) >= 11 is 12.0. The average molecular weight is 443 g/mol. The molecule has 30 heavy (non-hydrogen) atoms. The third-order valence-electron chi connectivity index (χ3n) is 6.03. The first-order chi connectivity index (χ1) is 14.4. The van der Waals surface area contributed by atoms with Gasteiger partial charge in [-0.3, -0.25) is 10.1 Å². The zero-order valence-electron chi connectivity index (χ0n) is 16.5. The Labute approximate surface area is 185 Å². The number of likely N-dealkylation sites (N-methyl/N-ethyl adjacent to an activating group) is 1. The highest BCUT2D eigenvalue weighted by Crippen LogP contribution is 2.31. The summed E-state index contributed by atoms with van der Waals surface area (Å²) in [5.74, 6) is 0.685. The maximum Gasteiger partial charge on any atom is 0.265 e. The Balaban J connectivity index is 1.24. The second-order valence-electron chi connectivity index (χ2n) is 8.11. The van der Waals surface area contributed by atoms with Crippen LogP contribution < -0.4 is 14.6 Å². The molecule has 3 heterocycles. The summed E-state index contributed by atoms with van der Waals surface area (Å²) in [6.07, 6.45) is 5.15. The van der Waals surface area contributed by atoms with Crippen molar-refractivity contribution in [2.45, 2.75) is 25.1 Å². The topological polar surface area (TPSA) is 43.3 Å². The monoisotopic (exact) mass is 442 g/mol. The number of carbonyl (C=O) groups excluding carboxylic acids is 1. The third-order valence-corrected chi connectivity index (χ3v) is 6.52. The zero-order valence-corrected chi connectivity index (χ0v) is 18.0. The molecule has 0 aliphatic carbocycles. The minimum absolute atomic E-state index is 0.0261. The second-order valence-corrected chi connectivity index (χ2v) is 8.98. The van der Waals surface area contributed by atoms with Gasteiger partial charge in [0.1, 0.15) is 5.75 Å². The number of carbonyl (C=O) groups is 1. The Hall–Kier alpha value is -2.47. The Morgan fingerprint density at radius 2 is 1.87 bits per heavy atom. The largest absolute Gasteiger partial charge is 0.480 e. The van der Waals surface area contributed by atoms with Crippen LogP contribution in [-0.4, -0.2) is 36.4 Å². The number of fused-ring (bicyclic) bond motifs is 1. The summed E-state index contributed by atoms with van der Waals surface area (Å²) in [4.78, 5) is 12.8. The number of benzene rings is 2. The predicted molar refractivity (Wildman–Crippen MR) is 119 cm³/mol. The van der Waals surface area contributed by atoms with E-state index in [9.17, 15) is 4.79 Å². The number of ether oxygens (including phenoxy) is 1. The number of aryl methyl sites for hydroxylation is 1. The van der Waals surface area contributed by atoms with Crippen LogP contribution in [0.5, 0.6) is 5.75 Å². The summed E-state index contributed by atoms with van der Waals surface area (Å²) < 4.78 is 8.67. The van der Waals surface area contributed by atoms with E-state index in [1.54, 1.807) is 6.07 Å². The SMILES string of the molecule is C[N+]1(n2ccc(-c3ccc(Cl)cc3)c2)CC1NC(=O)C1CCc2cc(Cl)ccc2O1. The second kappa shape index (κ2) is 7.34. The van der Waals surface area contributed by atoms with Gasteiger partial charge in [0.25, 0.3) is 5.91 Å². The molecule has 3 unspecified atom stereocenters. The Morgan fingerprint density at radius 1 is 1.10 bits per heavy atom. The molecular weight excluding hydrogens is 421 g/mol. The van der Waals surface area contributed by atoms with Crippen LogP contribution in [-0.2, 0) is 11.2 Å². The van der Waals surface area contributed by atoms with E-state index >= 15 is 0 Å². The quantitative estimate of drug-likeness (QED) is 0.481. The van der Waals surface area contributed by atoms with Crippen molar-refractivity contribution in [2.24, 2.45) is 0 Å². The van der Waals surface area contributed by atoms with Crippen molar-refractivity contribution < 1.29 is 9.53 Å². The lowest BCUT2D eigenvalue weighted by Gasteiger charge is -2.25. The van der Waals surface area contributed by atoms with Crippen molar-refractivity contribution in [1.29, 1.82) is 0 Å². The van der Waals surface area contributed by atoms with Crippen LogP contribution in [0.1, 0.15) is 12.0 Å². The van der Waals surface area contributed by atoms with Crippen molar-refractivity contribution in [3.8, 4) is 16.9 Å². The molecule has 1 fully saturated rings. The van der Waals surface area contributed by atoms with Crippen LogP contribution in [0, 0.1) is 0 Å². The molecular formula is C23H22Cl2N3O2+. The van der Waals surface area contributed by atoms with E-state index in [2.05, 4.69) is 29.3 Å². The molecule has 7 heteroatoms. The van der Waals surface area contributed by atoms with Gasteiger partial charge in [0.05, 0.1) is 19.4 Å². The first-order valence-corrected chi connectivity index (χ1v) is 10.7. The minimum Gasteiger partial charge on any atom is -0.480 e. The highest BCUT2D eigenvalue weighted by atomic mass is 35.5. The molecule has 0 bridgehead atoms. The summed E-state index contributed by atoms with van der Waals surface area (Å²) in [6, 6.07) is 15.4. The van der Waals surface area contributed by atoms with Crippen LogP contribution >= 0.6 is 23.2 Å². The summed E-state index contributed by atoms with van der Waals surface area (Å²) in [7, 11) is 2.11. The summed E-state index contributed by atoms with van der Waals surface area (Å²) in [5, 5.41) is 4.57. The summed E-state index contributed by atoms with van der Waals surface area (Å²) in [5.41, 5.74) is 3.29. The van der Waals surface area contributed by atoms with E-state index in [0.29, 0.717) is 16.0 Å². The molecule has 2 aliphatic heterocycles. The molecule has 0 radical (unpaired) electrons. The average Bonchev–Trinajstić information content (AvgIpc) is 3.14. The lowest BCUT2D eigenvalue weighted by atomic mass is 10.0. The molecule has 1 saturated heterocycles. The van der Waals surface area contributed by atoms with Gasteiger partial charge in [0.2, 0.25) is 6.17 Å². The highest BCUT2D eigenvalue weighted by molar-refractivity contribution is 6.31. The van der Waals surface area contributed by atoms with E-state index in [-0.39, 0.29) is 12.1 Å². The molecule has 0 spiro atoms. The van der Waals surface area contributed by atoms with E-state index in [4.69, 9.17) is 27.9 Å². The molecule has 1 amide bonds. The van der Waals surface area contributed by atoms with Crippen LogP contribution in [0.4, 0.5) is 0 Å². The number of nitrogens with zero attached hydrogens (tertiary/aromatic N) is 2. The van der Waals surface area contributed by atoms with Crippen molar-refractivity contribution in [3.63, 3.8) is 0 Å². The van der Waals surface area contributed by atoms with Crippen molar-refractivity contribution in [3.05, 3.63) is 76.5 Å². The fraction of sp³-hybridized carbons (Fsp3) is 0.261. The number of amides is 1. The van der Waals surface area contributed by atoms with E-state index in [0.717, 1.165) is 40.4 Å². The van der Waals surface area contributed by atoms with E-state index < -0.39 is 6.10 Å². The van der Waals surface area contributed by atoms with Gasteiger partial charge in [-0.05, 0) is 60.4 Å². The van der Waals surface area contributed by atoms with Gasteiger partial charge in [-0.2, -0.15) is 4.59 Å². The van der Waals surface area contributed by atoms with Gasteiger partial charge in [-0.1, -0.05) is 35.3 Å². The van der Waals surface area contributed by atoms with E-state index in [1.807, 2.05) is 42.6 Å². The fourth-order valence-corrected chi connectivity index (χ4v) is 4.35. The third kappa shape index (κ3) is 3.58. The zero-order chi connectivity index (χ0) is 20.9. The molecule has 3 aromatic rings. The molecule has 154 valence electrons. The Kier molecular flexibility index (Phi) is 4.77. The molecule has 5 nitrogen and oxygen atoms in total. The molecule has 3 atom stereocenters. The first-order valence-electron chi connectivity index (χ1n) is 9.98. The smallest absolute Gasteiger partial charge is 0.265 e. The molecule has 2 aliphatic rings. The Morgan fingerprint density at radius 3 is 2.67 bits per heavy atom. The number of nitrogens with one attached hydrogen (secondary N) is 1. The number of quaternary nitrogens is 1. The van der Waals surface area contributed by atoms with Gasteiger partial charge in [-0.25, -0.2) is 4.68 Å². The van der Waals surface area contributed by atoms with Gasteiger partial charge in [0, 0.05) is 15.6 Å². The van der Waals surface area contributed by atoms with Crippen LogP contribution in [0.3, 0.4) is 0 Å². The van der Waals surface area contributed by atoms with Gasteiger partial charge in [0.15, 0.2) is 12.6 Å². The summed E-state index contributed by atoms with van der Waals surface area (Å²) in [6.45, 7) is 0.833. The number of aromatic nitrogens is 1. The van der Waals surface area contributed by atoms with Gasteiger partial charge < -0.3 is 4.74 Å². The van der Waals surface area contributed by atoms with Crippen molar-refractivity contribution >= 4 is 29.1 Å².